The molecule has 19 heavy (non-hydrogen) atoms. The van der Waals surface area contributed by atoms with Gasteiger partial charge in [-0.05, 0) is 31.6 Å². The molecule has 2 aromatic rings. The van der Waals surface area contributed by atoms with E-state index in [1.54, 1.807) is 17.4 Å². The molecule has 3 rings (SSSR count). The van der Waals surface area contributed by atoms with Crippen LogP contribution in [0.25, 0.3) is 10.7 Å². The molecule has 0 radical (unpaired) electrons. The van der Waals surface area contributed by atoms with Gasteiger partial charge in [0.25, 0.3) is 0 Å². The molecule has 100 valence electrons. The summed E-state index contributed by atoms with van der Waals surface area (Å²) >= 11 is 1.61. The Morgan fingerprint density at radius 2 is 2.11 bits per heavy atom. The average molecular weight is 274 g/mol. The van der Waals surface area contributed by atoms with Gasteiger partial charge in [0.05, 0.1) is 11.4 Å². The molecule has 0 aliphatic heterocycles. The lowest BCUT2D eigenvalue weighted by Crippen LogP contribution is -2.17. The van der Waals surface area contributed by atoms with Crippen LogP contribution in [0.5, 0.6) is 0 Å². The minimum atomic E-state index is 0.171. The quantitative estimate of drug-likeness (QED) is 0.911. The Hall–Kier alpha value is -1.42. The number of nitrogens with zero attached hydrogens (tertiary/aromatic N) is 1. The predicted molar refractivity (Wildman–Crippen MR) is 78.9 cm³/mol. The number of rotatable bonds is 2. The van der Waals surface area contributed by atoms with E-state index < -0.39 is 0 Å². The van der Waals surface area contributed by atoms with E-state index >= 15 is 0 Å². The summed E-state index contributed by atoms with van der Waals surface area (Å²) in [5.41, 5.74) is 4.25. The van der Waals surface area contributed by atoms with Crippen LogP contribution in [0, 0.1) is 0 Å². The molecule has 2 aromatic heterocycles. The lowest BCUT2D eigenvalue weighted by Gasteiger charge is -2.15. The maximum atomic E-state index is 12.2. The molecule has 0 unspecified atom stereocenters. The molecule has 0 saturated carbocycles. The number of hydrogen-bond donors (Lipinski definition) is 1. The molecule has 0 amide bonds. The molecule has 0 atom stereocenters. The number of aromatic amines is 1. The van der Waals surface area contributed by atoms with Crippen molar-refractivity contribution >= 4 is 11.3 Å². The first-order valence-corrected chi connectivity index (χ1v) is 7.74. The Labute approximate surface area is 116 Å². The van der Waals surface area contributed by atoms with Gasteiger partial charge in [-0.15, -0.1) is 11.3 Å². The topological polar surface area (TPSA) is 45.8 Å². The standard InChI is InChI=1S/C15H18N2OS/c1-9(2)13-8-19-15(17-13)12-7-14(18)10-5-3-4-6-11(10)16-12/h7-9H,3-6H2,1-2H3,(H,16,18). The van der Waals surface area contributed by atoms with Crippen LogP contribution in [-0.4, -0.2) is 9.97 Å². The summed E-state index contributed by atoms with van der Waals surface area (Å²) in [6.07, 6.45) is 4.20. The fraction of sp³-hybridized carbons (Fsp3) is 0.467. The predicted octanol–water partition coefficient (Wildman–Crippen LogP) is 3.50. The Balaban J connectivity index is 2.05. The summed E-state index contributed by atoms with van der Waals surface area (Å²) in [4.78, 5) is 20.2. The number of pyridine rings is 1. The van der Waals surface area contributed by atoms with Gasteiger partial charge in [-0.25, -0.2) is 4.98 Å². The van der Waals surface area contributed by atoms with Crippen LogP contribution in [-0.2, 0) is 12.8 Å². The van der Waals surface area contributed by atoms with Crippen molar-refractivity contribution in [3.05, 3.63) is 38.6 Å². The molecule has 2 heterocycles. The van der Waals surface area contributed by atoms with Gasteiger partial charge in [-0.2, -0.15) is 0 Å². The second-order valence-corrected chi connectivity index (χ2v) is 6.30. The van der Waals surface area contributed by atoms with Gasteiger partial charge in [0.1, 0.15) is 5.01 Å². The second kappa shape index (κ2) is 4.93. The van der Waals surface area contributed by atoms with Crippen LogP contribution in [0.1, 0.15) is 49.6 Å². The van der Waals surface area contributed by atoms with Gasteiger partial charge in [-0.3, -0.25) is 4.79 Å². The van der Waals surface area contributed by atoms with Crippen molar-refractivity contribution in [2.45, 2.75) is 45.4 Å². The summed E-state index contributed by atoms with van der Waals surface area (Å²) in [5, 5.41) is 3.01. The van der Waals surface area contributed by atoms with Crippen molar-refractivity contribution in [1.29, 1.82) is 0 Å². The van der Waals surface area contributed by atoms with Crippen molar-refractivity contribution in [2.75, 3.05) is 0 Å². The summed E-state index contributed by atoms with van der Waals surface area (Å²) in [6, 6.07) is 1.72. The Morgan fingerprint density at radius 3 is 2.84 bits per heavy atom. The van der Waals surface area contributed by atoms with E-state index in [0.29, 0.717) is 5.92 Å². The fourth-order valence-corrected chi connectivity index (χ4v) is 3.47. The molecule has 1 aliphatic carbocycles. The fourth-order valence-electron chi connectivity index (χ4n) is 2.52. The first kappa shape index (κ1) is 12.6. The van der Waals surface area contributed by atoms with E-state index in [-0.39, 0.29) is 5.43 Å². The number of hydrogen-bond acceptors (Lipinski definition) is 3. The molecule has 0 saturated heterocycles. The third-order valence-electron chi connectivity index (χ3n) is 3.67. The van der Waals surface area contributed by atoms with Crippen LogP contribution >= 0.6 is 11.3 Å². The number of fused-ring (bicyclic) bond motifs is 1. The molecule has 1 N–H and O–H groups in total. The Kier molecular flexibility index (Phi) is 3.27. The van der Waals surface area contributed by atoms with Gasteiger partial charge in [0, 0.05) is 22.7 Å². The maximum absolute atomic E-state index is 12.2. The van der Waals surface area contributed by atoms with Crippen LogP contribution in [0.15, 0.2) is 16.2 Å². The minimum Gasteiger partial charge on any atom is -0.356 e. The number of nitrogens with one attached hydrogen (secondary N) is 1. The third kappa shape index (κ3) is 2.37. The largest absolute Gasteiger partial charge is 0.356 e. The normalized spacial score (nSPS) is 14.7. The first-order chi connectivity index (χ1) is 9.15. The molecule has 0 aromatic carbocycles. The van der Waals surface area contributed by atoms with E-state index in [1.807, 2.05) is 0 Å². The van der Waals surface area contributed by atoms with Gasteiger partial charge in [-0.1, -0.05) is 13.8 Å². The number of thiazole rings is 1. The Morgan fingerprint density at radius 1 is 1.32 bits per heavy atom. The molecular formula is C15H18N2OS. The zero-order valence-electron chi connectivity index (χ0n) is 11.3. The van der Waals surface area contributed by atoms with Crippen molar-refractivity contribution in [3.63, 3.8) is 0 Å². The molecule has 3 nitrogen and oxygen atoms in total. The maximum Gasteiger partial charge on any atom is 0.185 e. The van der Waals surface area contributed by atoms with E-state index in [2.05, 4.69) is 29.2 Å². The Bertz CT molecular complexity index is 654. The van der Waals surface area contributed by atoms with Crippen molar-refractivity contribution in [3.8, 4) is 10.7 Å². The van der Waals surface area contributed by atoms with Gasteiger partial charge < -0.3 is 4.98 Å². The van der Waals surface area contributed by atoms with E-state index in [1.165, 1.54) is 6.42 Å². The number of aromatic nitrogens is 2. The molecule has 0 spiro atoms. The monoisotopic (exact) mass is 274 g/mol. The first-order valence-electron chi connectivity index (χ1n) is 6.86. The lowest BCUT2D eigenvalue weighted by molar-refractivity contribution is 0.664. The highest BCUT2D eigenvalue weighted by Gasteiger charge is 2.16. The zero-order valence-corrected chi connectivity index (χ0v) is 12.1. The van der Waals surface area contributed by atoms with Crippen LogP contribution in [0.4, 0.5) is 0 Å². The lowest BCUT2D eigenvalue weighted by atomic mass is 9.95. The highest BCUT2D eigenvalue weighted by atomic mass is 32.1. The summed E-state index contributed by atoms with van der Waals surface area (Å²) < 4.78 is 0. The molecule has 0 fully saturated rings. The third-order valence-corrected chi connectivity index (χ3v) is 4.56. The van der Waals surface area contributed by atoms with Crippen molar-refractivity contribution < 1.29 is 0 Å². The minimum absolute atomic E-state index is 0.171. The molecule has 0 bridgehead atoms. The van der Waals surface area contributed by atoms with E-state index in [0.717, 1.165) is 46.9 Å². The zero-order chi connectivity index (χ0) is 13.4. The van der Waals surface area contributed by atoms with Crippen molar-refractivity contribution in [2.24, 2.45) is 0 Å². The van der Waals surface area contributed by atoms with Gasteiger partial charge >= 0.3 is 0 Å². The molecular weight excluding hydrogens is 256 g/mol. The molecule has 1 aliphatic rings. The number of H-pyrrole nitrogens is 1. The van der Waals surface area contributed by atoms with E-state index in [4.69, 9.17) is 0 Å². The summed E-state index contributed by atoms with van der Waals surface area (Å²) in [5.74, 6) is 0.425. The SMILES string of the molecule is CC(C)c1csc(-c2cc(=O)c3c([nH]2)CCCC3)n1. The van der Waals surface area contributed by atoms with Crippen LogP contribution in [0.2, 0.25) is 0 Å². The van der Waals surface area contributed by atoms with Crippen LogP contribution < -0.4 is 5.43 Å². The van der Waals surface area contributed by atoms with Gasteiger partial charge in [0.2, 0.25) is 0 Å². The summed E-state index contributed by atoms with van der Waals surface area (Å²) in [6.45, 7) is 4.27. The second-order valence-electron chi connectivity index (χ2n) is 5.44. The number of aryl methyl sites for hydroxylation is 1. The van der Waals surface area contributed by atoms with E-state index in [9.17, 15) is 4.79 Å². The van der Waals surface area contributed by atoms with Crippen molar-refractivity contribution in [1.82, 2.24) is 9.97 Å². The smallest absolute Gasteiger partial charge is 0.185 e. The van der Waals surface area contributed by atoms with Gasteiger partial charge in [0.15, 0.2) is 5.43 Å². The highest BCUT2D eigenvalue weighted by molar-refractivity contribution is 7.13. The molecule has 4 heteroatoms. The van der Waals surface area contributed by atoms with Crippen LogP contribution in [0.3, 0.4) is 0 Å². The highest BCUT2D eigenvalue weighted by Crippen LogP contribution is 2.26. The average Bonchev–Trinajstić information content (AvgIpc) is 2.88. The summed E-state index contributed by atoms with van der Waals surface area (Å²) in [7, 11) is 0.